The highest BCUT2D eigenvalue weighted by Gasteiger charge is 2.38. The fraction of sp³-hybridized carbons (Fsp3) is 0.478. The number of likely N-dealkylation sites (tertiary alicyclic amines) is 1. The first-order chi connectivity index (χ1) is 15.7. The summed E-state index contributed by atoms with van der Waals surface area (Å²) < 4.78 is 6.08. The van der Waals surface area contributed by atoms with Gasteiger partial charge in [-0.1, -0.05) is 29.3 Å². The standard InChI is InChI=1S/C23H27Cl2N3O5/c1-13-8-18(24)21(19(25)9-13)33-15-5-7-27(12-15)20-3-2-14(11-28(20)23(31)32)16-4-6-26-10-17(16)22(29)30/h2-3,8-9,11,15-17,20,26H,4-7,10,12H2,1H3,(H,29,30)(H,31,32)/t15-,16+,17-,20?/m1/s1. The number of rotatable bonds is 5. The van der Waals surface area contributed by atoms with Crippen molar-refractivity contribution in [2.75, 3.05) is 26.2 Å². The Morgan fingerprint density at radius 1 is 1.18 bits per heavy atom. The Morgan fingerprint density at radius 3 is 2.58 bits per heavy atom. The second kappa shape index (κ2) is 9.93. The van der Waals surface area contributed by atoms with Gasteiger partial charge in [-0.25, -0.2) is 4.79 Å². The smallest absolute Gasteiger partial charge is 0.412 e. The molecule has 2 fully saturated rings. The third-order valence-electron chi connectivity index (χ3n) is 6.46. The van der Waals surface area contributed by atoms with E-state index in [2.05, 4.69) is 5.32 Å². The molecule has 8 nitrogen and oxygen atoms in total. The number of nitrogens with one attached hydrogen (secondary N) is 1. The van der Waals surface area contributed by atoms with Crippen molar-refractivity contribution in [1.82, 2.24) is 15.1 Å². The second-order valence-electron chi connectivity index (χ2n) is 8.72. The molecule has 0 spiro atoms. The van der Waals surface area contributed by atoms with Crippen LogP contribution in [0.3, 0.4) is 0 Å². The lowest BCUT2D eigenvalue weighted by Crippen LogP contribution is -2.49. The average Bonchev–Trinajstić information content (AvgIpc) is 3.24. The molecule has 3 N–H and O–H groups in total. The number of hydrogen-bond donors (Lipinski definition) is 3. The Hall–Kier alpha value is -2.26. The SMILES string of the molecule is Cc1cc(Cl)c(O[C@@H]2CCN(C3C=CC([C@@H]4CCNC[C@H]4C(=O)O)=CN3C(=O)O)C2)c(Cl)c1. The van der Waals surface area contributed by atoms with E-state index in [1.54, 1.807) is 18.3 Å². The number of hydrogen-bond acceptors (Lipinski definition) is 5. The minimum absolute atomic E-state index is 0.182. The summed E-state index contributed by atoms with van der Waals surface area (Å²) >= 11 is 12.6. The van der Waals surface area contributed by atoms with Crippen molar-refractivity contribution >= 4 is 35.3 Å². The molecule has 0 radical (unpaired) electrons. The summed E-state index contributed by atoms with van der Waals surface area (Å²) in [7, 11) is 0. The number of nitrogens with zero attached hydrogens (tertiary/aromatic N) is 2. The van der Waals surface area contributed by atoms with Crippen molar-refractivity contribution in [1.29, 1.82) is 0 Å². The third kappa shape index (κ3) is 5.14. The van der Waals surface area contributed by atoms with Crippen LogP contribution in [0.5, 0.6) is 5.75 Å². The number of amides is 1. The zero-order valence-corrected chi connectivity index (χ0v) is 19.7. The Labute approximate surface area is 202 Å². The summed E-state index contributed by atoms with van der Waals surface area (Å²) in [5, 5.41) is 23.5. The predicted molar refractivity (Wildman–Crippen MR) is 125 cm³/mol. The van der Waals surface area contributed by atoms with E-state index >= 15 is 0 Å². The summed E-state index contributed by atoms with van der Waals surface area (Å²) in [6.45, 7) is 4.12. The van der Waals surface area contributed by atoms with E-state index in [4.69, 9.17) is 27.9 Å². The van der Waals surface area contributed by atoms with E-state index in [0.717, 1.165) is 11.1 Å². The lowest BCUT2D eigenvalue weighted by molar-refractivity contribution is -0.143. The number of ether oxygens (including phenoxy) is 1. The van der Waals surface area contributed by atoms with Crippen LogP contribution in [0.25, 0.3) is 0 Å². The fourth-order valence-corrected chi connectivity index (χ4v) is 5.51. The molecule has 0 aromatic heterocycles. The zero-order chi connectivity index (χ0) is 23.7. The molecular weight excluding hydrogens is 469 g/mol. The van der Waals surface area contributed by atoms with Crippen LogP contribution in [0.1, 0.15) is 18.4 Å². The largest absolute Gasteiger partial charge is 0.486 e. The van der Waals surface area contributed by atoms with Gasteiger partial charge < -0.3 is 20.3 Å². The summed E-state index contributed by atoms with van der Waals surface area (Å²) in [5.74, 6) is -1.25. The lowest BCUT2D eigenvalue weighted by atomic mass is 9.80. The van der Waals surface area contributed by atoms with Crippen LogP contribution in [0, 0.1) is 18.8 Å². The maximum absolute atomic E-state index is 12.1. The molecule has 3 heterocycles. The molecule has 0 saturated carbocycles. The molecule has 1 aromatic carbocycles. The molecular formula is C23H27Cl2N3O5. The zero-order valence-electron chi connectivity index (χ0n) is 18.2. The number of carbonyl (C=O) groups is 2. The first kappa shape index (κ1) is 23.9. The average molecular weight is 496 g/mol. The Balaban J connectivity index is 1.47. The van der Waals surface area contributed by atoms with Crippen LogP contribution in [0.4, 0.5) is 4.79 Å². The van der Waals surface area contributed by atoms with E-state index in [9.17, 15) is 19.8 Å². The van der Waals surface area contributed by atoms with E-state index in [1.165, 1.54) is 4.90 Å². The summed E-state index contributed by atoms with van der Waals surface area (Å²) in [6, 6.07) is 3.59. The van der Waals surface area contributed by atoms with E-state index < -0.39 is 24.1 Å². The van der Waals surface area contributed by atoms with E-state index in [1.807, 2.05) is 24.0 Å². The highest BCUT2D eigenvalue weighted by atomic mass is 35.5. The fourth-order valence-electron chi connectivity index (χ4n) is 4.83. The maximum Gasteiger partial charge on any atom is 0.412 e. The third-order valence-corrected chi connectivity index (χ3v) is 7.02. The van der Waals surface area contributed by atoms with Gasteiger partial charge in [0.25, 0.3) is 0 Å². The van der Waals surface area contributed by atoms with Crippen molar-refractivity contribution in [3.05, 3.63) is 51.7 Å². The first-order valence-electron chi connectivity index (χ1n) is 11.0. The molecule has 3 aliphatic heterocycles. The molecule has 178 valence electrons. The monoisotopic (exact) mass is 495 g/mol. The Morgan fingerprint density at radius 2 is 1.91 bits per heavy atom. The Bertz CT molecular complexity index is 975. The van der Waals surface area contributed by atoms with Crippen LogP contribution in [0.2, 0.25) is 10.0 Å². The summed E-state index contributed by atoms with van der Waals surface area (Å²) in [5.41, 5.74) is 1.67. The highest BCUT2D eigenvalue weighted by molar-refractivity contribution is 6.37. The molecule has 1 unspecified atom stereocenters. The normalized spacial score (nSPS) is 28.0. The van der Waals surface area contributed by atoms with E-state index in [0.29, 0.717) is 54.8 Å². The number of allylic oxidation sites excluding steroid dienone is 2. The molecule has 33 heavy (non-hydrogen) atoms. The van der Waals surface area contributed by atoms with E-state index in [-0.39, 0.29) is 12.0 Å². The minimum atomic E-state index is -1.09. The van der Waals surface area contributed by atoms with Gasteiger partial charge in [-0.3, -0.25) is 14.6 Å². The summed E-state index contributed by atoms with van der Waals surface area (Å²) in [6.07, 6.45) is 4.87. The van der Waals surface area contributed by atoms with Crippen LogP contribution >= 0.6 is 23.2 Å². The molecule has 0 bridgehead atoms. The van der Waals surface area contributed by atoms with Gasteiger partial charge in [0.1, 0.15) is 12.3 Å². The van der Waals surface area contributed by atoms with Gasteiger partial charge in [0, 0.05) is 31.8 Å². The van der Waals surface area contributed by atoms with Gasteiger partial charge in [0.2, 0.25) is 0 Å². The molecule has 1 amide bonds. The van der Waals surface area contributed by atoms with Crippen molar-refractivity contribution in [3.63, 3.8) is 0 Å². The number of halogens is 2. The lowest BCUT2D eigenvalue weighted by Gasteiger charge is -2.37. The Kier molecular flexibility index (Phi) is 7.19. The van der Waals surface area contributed by atoms with Crippen molar-refractivity contribution in [2.24, 2.45) is 11.8 Å². The molecule has 4 atom stereocenters. The van der Waals surface area contributed by atoms with Gasteiger partial charge >= 0.3 is 12.1 Å². The van der Waals surface area contributed by atoms with Crippen molar-refractivity contribution in [2.45, 2.75) is 32.0 Å². The highest BCUT2D eigenvalue weighted by Crippen LogP contribution is 2.37. The number of aliphatic carboxylic acids is 1. The molecule has 10 heteroatoms. The maximum atomic E-state index is 12.1. The molecule has 3 aliphatic rings. The molecule has 1 aromatic rings. The van der Waals surface area contributed by atoms with Crippen molar-refractivity contribution < 1.29 is 24.5 Å². The van der Waals surface area contributed by atoms with Crippen LogP contribution < -0.4 is 10.1 Å². The topological polar surface area (TPSA) is 102 Å². The van der Waals surface area contributed by atoms with Crippen LogP contribution in [-0.4, -0.2) is 70.5 Å². The number of benzene rings is 1. The van der Waals surface area contributed by atoms with Crippen LogP contribution in [0.15, 0.2) is 36.1 Å². The first-order valence-corrected chi connectivity index (χ1v) is 11.7. The molecule has 2 saturated heterocycles. The van der Waals surface area contributed by atoms with Gasteiger partial charge in [-0.05, 0) is 55.7 Å². The van der Waals surface area contributed by atoms with Gasteiger partial charge in [-0.15, -0.1) is 0 Å². The number of carboxylic acids is 1. The molecule has 0 aliphatic carbocycles. The van der Waals surface area contributed by atoms with Gasteiger partial charge in [0.15, 0.2) is 5.75 Å². The number of piperidine rings is 1. The summed E-state index contributed by atoms with van der Waals surface area (Å²) in [4.78, 5) is 27.0. The number of carboxylic acid groups (broad SMARTS) is 2. The minimum Gasteiger partial charge on any atom is -0.486 e. The van der Waals surface area contributed by atoms with Crippen LogP contribution in [-0.2, 0) is 4.79 Å². The predicted octanol–water partition coefficient (Wildman–Crippen LogP) is 3.83. The van der Waals surface area contributed by atoms with Gasteiger partial charge in [-0.2, -0.15) is 0 Å². The molecule has 4 rings (SSSR count). The second-order valence-corrected chi connectivity index (χ2v) is 9.53. The van der Waals surface area contributed by atoms with Gasteiger partial charge in [0.05, 0.1) is 16.0 Å². The quantitative estimate of drug-likeness (QED) is 0.570. The number of aryl methyl sites for hydroxylation is 1. The van der Waals surface area contributed by atoms with Crippen molar-refractivity contribution in [3.8, 4) is 5.75 Å².